The largest absolute Gasteiger partial charge is 0.494 e. The molecule has 0 saturated carbocycles. The highest BCUT2D eigenvalue weighted by atomic mass is 31.1. The van der Waals surface area contributed by atoms with Crippen LogP contribution in [-0.4, -0.2) is 25.8 Å². The summed E-state index contributed by atoms with van der Waals surface area (Å²) in [7, 11) is 1.89. The molecular weight excluding hydrogens is 247 g/mol. The first kappa shape index (κ1) is 12.9. The van der Waals surface area contributed by atoms with Gasteiger partial charge in [0.15, 0.2) is 5.78 Å². The van der Waals surface area contributed by atoms with Crippen LogP contribution in [0, 0.1) is 0 Å². The molecule has 0 amide bonds. The lowest BCUT2D eigenvalue weighted by atomic mass is 10.0. The maximum atomic E-state index is 12.2. The van der Waals surface area contributed by atoms with Gasteiger partial charge in [-0.15, -0.1) is 0 Å². The van der Waals surface area contributed by atoms with Gasteiger partial charge in [0, 0.05) is 18.2 Å². The third kappa shape index (κ3) is 2.63. The summed E-state index contributed by atoms with van der Waals surface area (Å²) in [6, 6.07) is 9.23. The highest BCUT2D eigenvalue weighted by molar-refractivity contribution is 7.57. The molecule has 1 unspecified atom stereocenters. The minimum absolute atomic E-state index is 0.0153. The smallest absolute Gasteiger partial charge is 0.193 e. The van der Waals surface area contributed by atoms with Gasteiger partial charge in [-0.2, -0.15) is 0 Å². The van der Waals surface area contributed by atoms with E-state index in [1.165, 1.54) is 0 Å². The first-order valence-corrected chi connectivity index (χ1v) is 7.06. The summed E-state index contributed by atoms with van der Waals surface area (Å²) in [6.45, 7) is 0. The number of allylic oxidation sites excluding steroid dienone is 3. The maximum Gasteiger partial charge on any atom is 0.193 e. The Labute approximate surface area is 107 Å². The third-order valence-corrected chi connectivity index (χ3v) is 4.55. The van der Waals surface area contributed by atoms with Crippen molar-refractivity contribution in [2.24, 2.45) is 0 Å². The molecule has 94 valence electrons. The van der Waals surface area contributed by atoms with Gasteiger partial charge in [0.2, 0.25) is 0 Å². The van der Waals surface area contributed by atoms with E-state index in [2.05, 4.69) is 0 Å². The molecule has 1 aromatic rings. The predicted octanol–water partition coefficient (Wildman–Crippen LogP) is 2.87. The predicted molar refractivity (Wildman–Crippen MR) is 75.3 cm³/mol. The molecule has 18 heavy (non-hydrogen) atoms. The van der Waals surface area contributed by atoms with Gasteiger partial charge < -0.3 is 9.26 Å². The molecule has 0 aliphatic carbocycles. The maximum absolute atomic E-state index is 12.2. The van der Waals surface area contributed by atoms with E-state index in [-0.39, 0.29) is 5.78 Å². The fourth-order valence-electron chi connectivity index (χ4n) is 1.73. The van der Waals surface area contributed by atoms with Crippen LogP contribution in [0.4, 0.5) is 0 Å². The average Bonchev–Trinajstić information content (AvgIpc) is 2.46. The minimum Gasteiger partial charge on any atom is -0.494 e. The van der Waals surface area contributed by atoms with Gasteiger partial charge in [-0.1, -0.05) is 30.3 Å². The normalized spacial score (nSPS) is 18.4. The van der Waals surface area contributed by atoms with Crippen LogP contribution >= 0.6 is 7.77 Å². The first-order chi connectivity index (χ1) is 8.76. The summed E-state index contributed by atoms with van der Waals surface area (Å²) in [5, 5.41) is 0. The Bertz CT molecular complexity index is 541. The summed E-state index contributed by atoms with van der Waals surface area (Å²) < 4.78 is 10.6. The Balaban J connectivity index is 2.31. The fourth-order valence-corrected chi connectivity index (χ4v) is 3.15. The van der Waals surface area contributed by atoms with Gasteiger partial charge in [-0.3, -0.25) is 4.79 Å². The Morgan fingerprint density at radius 2 is 1.83 bits per heavy atom. The van der Waals surface area contributed by atoms with E-state index in [9.17, 15) is 4.79 Å². The van der Waals surface area contributed by atoms with Crippen LogP contribution in [0.5, 0.6) is 0 Å². The molecule has 0 saturated heterocycles. The van der Waals surface area contributed by atoms with Crippen LogP contribution in [-0.2, 0) is 9.26 Å². The van der Waals surface area contributed by atoms with Crippen molar-refractivity contribution in [1.82, 2.24) is 0 Å². The molecule has 1 atom stereocenters. The molecule has 1 aliphatic heterocycles. The Morgan fingerprint density at radius 1 is 1.11 bits per heavy atom. The summed E-state index contributed by atoms with van der Waals surface area (Å²) >= 11 is 0. The molecule has 0 bridgehead atoms. The molecule has 0 fully saturated rings. The number of ketones is 1. The zero-order valence-corrected chi connectivity index (χ0v) is 11.3. The number of hydrogen-bond donors (Lipinski definition) is 0. The molecule has 4 heteroatoms. The van der Waals surface area contributed by atoms with Crippen molar-refractivity contribution in [3.63, 3.8) is 0 Å². The van der Waals surface area contributed by atoms with E-state index in [0.29, 0.717) is 11.1 Å². The zero-order chi connectivity index (χ0) is 13.0. The van der Waals surface area contributed by atoms with Crippen LogP contribution in [0.15, 0.2) is 53.6 Å². The number of carbonyl (C=O) groups excluding carboxylic acids is 1. The Morgan fingerprint density at radius 3 is 2.44 bits per heavy atom. The molecule has 1 aliphatic rings. The van der Waals surface area contributed by atoms with Crippen LogP contribution in [0.3, 0.4) is 0 Å². The summed E-state index contributed by atoms with van der Waals surface area (Å²) in [6.07, 6.45) is 3.59. The average molecular weight is 262 g/mol. The van der Waals surface area contributed by atoms with Crippen molar-refractivity contribution < 1.29 is 14.1 Å². The molecule has 0 radical (unpaired) electrons. The van der Waals surface area contributed by atoms with E-state index in [1.807, 2.05) is 42.2 Å². The summed E-state index contributed by atoms with van der Waals surface area (Å²) in [4.78, 5) is 12.2. The second-order valence-corrected chi connectivity index (χ2v) is 5.68. The van der Waals surface area contributed by atoms with Gasteiger partial charge in [-0.25, -0.2) is 0 Å². The minimum atomic E-state index is -1.35. The van der Waals surface area contributed by atoms with Crippen LogP contribution in [0.1, 0.15) is 10.4 Å². The van der Waals surface area contributed by atoms with Gasteiger partial charge in [-0.05, 0) is 17.9 Å². The third-order valence-electron chi connectivity index (χ3n) is 2.68. The highest BCUT2D eigenvalue weighted by Gasteiger charge is 2.15. The first-order valence-electron chi connectivity index (χ1n) is 5.58. The fraction of sp³-hybridized carbons (Fsp3) is 0.143. The van der Waals surface area contributed by atoms with Crippen LogP contribution < -0.4 is 0 Å². The quantitative estimate of drug-likeness (QED) is 0.618. The van der Waals surface area contributed by atoms with Crippen molar-refractivity contribution in [2.75, 3.05) is 14.2 Å². The van der Waals surface area contributed by atoms with E-state index >= 15 is 0 Å². The lowest BCUT2D eigenvalue weighted by Gasteiger charge is -2.14. The van der Waals surface area contributed by atoms with Gasteiger partial charge in [0.1, 0.15) is 5.50 Å². The van der Waals surface area contributed by atoms with Crippen molar-refractivity contribution in [3.8, 4) is 0 Å². The lowest BCUT2D eigenvalue weighted by molar-refractivity contribution is 0.104. The number of rotatable bonds is 4. The number of Topliss-reactive ketones (excluding diaryl/α,β-unsaturated/α-hetero) is 1. The number of ether oxygens (including phenoxy) is 1. The number of hydrogen-bond acceptors (Lipinski definition) is 3. The van der Waals surface area contributed by atoms with Crippen molar-refractivity contribution in [1.29, 1.82) is 0 Å². The van der Waals surface area contributed by atoms with E-state index < -0.39 is 7.77 Å². The van der Waals surface area contributed by atoms with E-state index in [1.54, 1.807) is 20.3 Å². The van der Waals surface area contributed by atoms with Gasteiger partial charge in [0.05, 0.1) is 14.9 Å². The van der Waals surface area contributed by atoms with Crippen molar-refractivity contribution in [2.45, 2.75) is 0 Å². The molecule has 2 rings (SSSR count). The molecule has 1 heterocycles. The standard InChI is InChI=1S/C14H15O3P/c1-16-13-9-8-12(10-18(13)17-2)14(15)11-6-4-3-5-7-11/h3-10,18H,1-2H3. The lowest BCUT2D eigenvalue weighted by Crippen LogP contribution is -2.06. The molecule has 0 spiro atoms. The second kappa shape index (κ2) is 5.85. The molecular formula is C14H15O3P. The van der Waals surface area contributed by atoms with Crippen LogP contribution in [0.25, 0.3) is 0 Å². The zero-order valence-electron chi connectivity index (χ0n) is 10.3. The number of carbonyl (C=O) groups is 1. The van der Waals surface area contributed by atoms with Gasteiger partial charge in [0.25, 0.3) is 0 Å². The van der Waals surface area contributed by atoms with Crippen molar-refractivity contribution in [3.05, 3.63) is 59.1 Å². The molecule has 0 aromatic heterocycles. The molecule has 1 aromatic carbocycles. The van der Waals surface area contributed by atoms with E-state index in [0.717, 1.165) is 5.50 Å². The van der Waals surface area contributed by atoms with E-state index in [4.69, 9.17) is 9.26 Å². The SMILES string of the molecule is COC1=CC=C(C(=O)c2ccccc2)C=[PH]1OC. The Hall–Kier alpha value is -1.57. The van der Waals surface area contributed by atoms with Gasteiger partial charge >= 0.3 is 0 Å². The highest BCUT2D eigenvalue weighted by Crippen LogP contribution is 2.37. The molecule has 3 nitrogen and oxygen atoms in total. The Kier molecular flexibility index (Phi) is 4.19. The van der Waals surface area contributed by atoms with Crippen LogP contribution in [0.2, 0.25) is 0 Å². The monoisotopic (exact) mass is 262 g/mol. The summed E-state index contributed by atoms with van der Waals surface area (Å²) in [5.41, 5.74) is 2.15. The topological polar surface area (TPSA) is 35.5 Å². The number of benzene rings is 1. The molecule has 0 N–H and O–H groups in total. The number of methoxy groups -OCH3 is 1. The second-order valence-electron chi connectivity index (χ2n) is 3.76. The summed E-state index contributed by atoms with van der Waals surface area (Å²) in [5.74, 6) is 1.89. The van der Waals surface area contributed by atoms with Crippen molar-refractivity contribution >= 4 is 19.4 Å².